The van der Waals surface area contributed by atoms with Crippen LogP contribution in [0.15, 0.2) is 54.6 Å². The van der Waals surface area contributed by atoms with E-state index in [0.717, 1.165) is 12.2 Å². The Kier molecular flexibility index (Phi) is 6.39. The van der Waals surface area contributed by atoms with E-state index in [4.69, 9.17) is 4.74 Å². The summed E-state index contributed by atoms with van der Waals surface area (Å²) < 4.78 is 5.72. The highest BCUT2D eigenvalue weighted by atomic mass is 16.5. The molecule has 2 rings (SSSR count). The van der Waals surface area contributed by atoms with Crippen LogP contribution in [-0.4, -0.2) is 17.9 Å². The minimum Gasteiger partial charge on any atom is -0.457 e. The zero-order valence-corrected chi connectivity index (χ0v) is 15.7. The Morgan fingerprint density at radius 2 is 1.54 bits per heavy atom. The normalized spacial score (nSPS) is 12.2. The Morgan fingerprint density at radius 1 is 0.962 bits per heavy atom. The van der Waals surface area contributed by atoms with Gasteiger partial charge in [-0.1, -0.05) is 25.1 Å². The van der Waals surface area contributed by atoms with Gasteiger partial charge < -0.3 is 15.4 Å². The molecule has 26 heavy (non-hydrogen) atoms. The second-order valence-corrected chi connectivity index (χ2v) is 6.80. The second kappa shape index (κ2) is 8.52. The number of anilines is 1. The third kappa shape index (κ3) is 5.09. The molecule has 1 atom stereocenters. The number of hydrogen-bond donors (Lipinski definition) is 2. The van der Waals surface area contributed by atoms with Crippen molar-refractivity contribution >= 4 is 17.5 Å². The van der Waals surface area contributed by atoms with E-state index in [-0.39, 0.29) is 17.9 Å². The molecule has 0 bridgehead atoms. The lowest BCUT2D eigenvalue weighted by Crippen LogP contribution is -2.47. The fourth-order valence-electron chi connectivity index (χ4n) is 2.13. The number of para-hydroxylation sites is 1. The average molecular weight is 354 g/mol. The summed E-state index contributed by atoms with van der Waals surface area (Å²) in [6.07, 6.45) is 0.812. The molecule has 5 nitrogen and oxygen atoms in total. The maximum atomic E-state index is 12.5. The van der Waals surface area contributed by atoms with E-state index in [1.165, 1.54) is 0 Å². The fourth-order valence-corrected chi connectivity index (χ4v) is 2.13. The van der Waals surface area contributed by atoms with Crippen molar-refractivity contribution in [2.45, 2.75) is 40.2 Å². The van der Waals surface area contributed by atoms with Crippen molar-refractivity contribution in [2.24, 2.45) is 5.41 Å². The van der Waals surface area contributed by atoms with Crippen LogP contribution in [0.25, 0.3) is 0 Å². The van der Waals surface area contributed by atoms with Crippen LogP contribution in [0, 0.1) is 5.41 Å². The highest BCUT2D eigenvalue weighted by molar-refractivity contribution is 6.09. The van der Waals surface area contributed by atoms with Crippen LogP contribution in [0.4, 0.5) is 5.69 Å². The third-order valence-electron chi connectivity index (χ3n) is 4.22. The molecule has 0 saturated carbocycles. The Morgan fingerprint density at radius 3 is 2.12 bits per heavy atom. The summed E-state index contributed by atoms with van der Waals surface area (Å²) in [6, 6.07) is 16.5. The third-order valence-corrected chi connectivity index (χ3v) is 4.22. The van der Waals surface area contributed by atoms with Gasteiger partial charge in [0, 0.05) is 11.7 Å². The molecule has 0 saturated heterocycles. The summed E-state index contributed by atoms with van der Waals surface area (Å²) in [5.74, 6) is 0.776. The van der Waals surface area contributed by atoms with E-state index in [9.17, 15) is 9.59 Å². The predicted molar refractivity (Wildman–Crippen MR) is 103 cm³/mol. The molecule has 0 aromatic heterocycles. The summed E-state index contributed by atoms with van der Waals surface area (Å²) >= 11 is 0. The summed E-state index contributed by atoms with van der Waals surface area (Å²) in [5, 5.41) is 5.64. The molecule has 2 N–H and O–H groups in total. The first-order valence-corrected chi connectivity index (χ1v) is 8.78. The molecule has 2 amide bonds. The number of nitrogens with one attached hydrogen (secondary N) is 2. The lowest BCUT2D eigenvalue weighted by Gasteiger charge is -2.24. The van der Waals surface area contributed by atoms with Crippen LogP contribution >= 0.6 is 0 Å². The molecule has 1 unspecified atom stereocenters. The fraction of sp³-hybridized carbons (Fsp3) is 0.333. The Bertz CT molecular complexity index is 740. The van der Waals surface area contributed by atoms with E-state index >= 15 is 0 Å². The number of carbonyl (C=O) groups excluding carboxylic acids is 2. The smallest absolute Gasteiger partial charge is 0.239 e. The molecule has 0 aliphatic rings. The summed E-state index contributed by atoms with van der Waals surface area (Å²) in [5.41, 5.74) is -0.553. The molecule has 0 aliphatic heterocycles. The Hall–Kier alpha value is -2.82. The van der Waals surface area contributed by atoms with Crippen LogP contribution in [0.1, 0.15) is 34.1 Å². The zero-order chi connectivity index (χ0) is 19.2. The first kappa shape index (κ1) is 19.5. The summed E-state index contributed by atoms with van der Waals surface area (Å²) in [7, 11) is 0. The molecule has 0 spiro atoms. The van der Waals surface area contributed by atoms with E-state index in [1.807, 2.05) is 44.2 Å². The van der Waals surface area contributed by atoms with Crippen LogP contribution in [0.5, 0.6) is 11.5 Å². The van der Waals surface area contributed by atoms with E-state index in [1.54, 1.807) is 38.1 Å². The minimum absolute atomic E-state index is 0.0315. The topological polar surface area (TPSA) is 67.4 Å². The first-order chi connectivity index (χ1) is 12.3. The summed E-state index contributed by atoms with van der Waals surface area (Å²) in [4.78, 5) is 24.8. The molecule has 0 fully saturated rings. The van der Waals surface area contributed by atoms with Crippen molar-refractivity contribution in [3.05, 3.63) is 54.6 Å². The van der Waals surface area contributed by atoms with Crippen molar-refractivity contribution in [2.75, 3.05) is 5.32 Å². The second-order valence-electron chi connectivity index (χ2n) is 6.80. The van der Waals surface area contributed by atoms with Gasteiger partial charge >= 0.3 is 0 Å². The largest absolute Gasteiger partial charge is 0.457 e. The van der Waals surface area contributed by atoms with Gasteiger partial charge in [0.1, 0.15) is 16.9 Å². The van der Waals surface area contributed by atoms with Gasteiger partial charge in [0.15, 0.2) is 0 Å². The SMILES string of the molecule is CCC(C)NC(=O)C(C)(C)C(=O)Nc1ccc(Oc2ccccc2)cc1. The van der Waals surface area contributed by atoms with Gasteiger partial charge in [0.2, 0.25) is 11.8 Å². The van der Waals surface area contributed by atoms with E-state index in [0.29, 0.717) is 11.4 Å². The molecule has 5 heteroatoms. The van der Waals surface area contributed by atoms with Crippen LogP contribution < -0.4 is 15.4 Å². The van der Waals surface area contributed by atoms with Crippen molar-refractivity contribution in [3.63, 3.8) is 0 Å². The highest BCUT2D eigenvalue weighted by Crippen LogP contribution is 2.24. The number of rotatable bonds is 7. The monoisotopic (exact) mass is 354 g/mol. The van der Waals surface area contributed by atoms with Gasteiger partial charge in [0.05, 0.1) is 0 Å². The number of amides is 2. The van der Waals surface area contributed by atoms with Gasteiger partial charge in [-0.15, -0.1) is 0 Å². The van der Waals surface area contributed by atoms with Gasteiger partial charge in [-0.25, -0.2) is 0 Å². The van der Waals surface area contributed by atoms with Gasteiger partial charge in [-0.05, 0) is 63.6 Å². The van der Waals surface area contributed by atoms with Gasteiger partial charge in [-0.2, -0.15) is 0 Å². The lowest BCUT2D eigenvalue weighted by molar-refractivity contribution is -0.138. The molecule has 0 aliphatic carbocycles. The van der Waals surface area contributed by atoms with Crippen LogP contribution in [-0.2, 0) is 9.59 Å². The highest BCUT2D eigenvalue weighted by Gasteiger charge is 2.36. The predicted octanol–water partition coefficient (Wildman–Crippen LogP) is 4.36. The van der Waals surface area contributed by atoms with E-state index in [2.05, 4.69) is 10.6 Å². The molecular weight excluding hydrogens is 328 g/mol. The molecule has 2 aromatic rings. The zero-order valence-electron chi connectivity index (χ0n) is 15.7. The lowest BCUT2D eigenvalue weighted by atomic mass is 9.90. The Balaban J connectivity index is 1.99. The number of ether oxygens (including phenoxy) is 1. The maximum Gasteiger partial charge on any atom is 0.239 e. The van der Waals surface area contributed by atoms with E-state index < -0.39 is 5.41 Å². The van der Waals surface area contributed by atoms with Crippen molar-refractivity contribution in [1.82, 2.24) is 5.32 Å². The van der Waals surface area contributed by atoms with Gasteiger partial charge in [-0.3, -0.25) is 9.59 Å². The standard InChI is InChI=1S/C21H26N2O3/c1-5-15(2)22-19(24)21(3,4)20(25)23-16-11-13-18(14-12-16)26-17-9-7-6-8-10-17/h6-15H,5H2,1-4H3,(H,22,24)(H,23,25). The summed E-state index contributed by atoms with van der Waals surface area (Å²) in [6.45, 7) is 7.13. The van der Waals surface area contributed by atoms with Crippen molar-refractivity contribution < 1.29 is 14.3 Å². The number of carbonyl (C=O) groups is 2. The Labute approximate surface area is 154 Å². The van der Waals surface area contributed by atoms with Crippen LogP contribution in [0.3, 0.4) is 0 Å². The van der Waals surface area contributed by atoms with Crippen molar-refractivity contribution in [1.29, 1.82) is 0 Å². The average Bonchev–Trinajstić information content (AvgIpc) is 2.63. The quantitative estimate of drug-likeness (QED) is 0.726. The number of benzene rings is 2. The molecule has 2 aromatic carbocycles. The van der Waals surface area contributed by atoms with Crippen molar-refractivity contribution in [3.8, 4) is 11.5 Å². The molecule has 0 heterocycles. The maximum absolute atomic E-state index is 12.5. The van der Waals surface area contributed by atoms with Gasteiger partial charge in [0.25, 0.3) is 0 Å². The molecular formula is C21H26N2O3. The molecule has 0 radical (unpaired) electrons. The number of hydrogen-bond acceptors (Lipinski definition) is 3. The molecule has 138 valence electrons. The first-order valence-electron chi connectivity index (χ1n) is 8.78. The minimum atomic E-state index is -1.16. The van der Waals surface area contributed by atoms with Crippen LogP contribution in [0.2, 0.25) is 0 Å².